The van der Waals surface area contributed by atoms with Gasteiger partial charge in [-0.1, -0.05) is 46.3 Å². The molecule has 2 aromatic rings. The highest BCUT2D eigenvalue weighted by Gasteiger charge is 2.02. The number of phenols is 1. The SMILES string of the molecule is CC(CCc1ccccc1)N=Cc1cc(Br)ccc1O. The van der Waals surface area contributed by atoms with Gasteiger partial charge in [0.15, 0.2) is 0 Å². The quantitative estimate of drug-likeness (QED) is 0.798. The summed E-state index contributed by atoms with van der Waals surface area (Å²) in [6, 6.07) is 16.0. The molecule has 0 aliphatic heterocycles. The molecule has 0 saturated carbocycles. The normalized spacial score (nSPS) is 12.7. The van der Waals surface area contributed by atoms with Gasteiger partial charge in [-0.15, -0.1) is 0 Å². The summed E-state index contributed by atoms with van der Waals surface area (Å²) in [5.41, 5.74) is 2.07. The maximum absolute atomic E-state index is 9.74. The molecule has 2 nitrogen and oxygen atoms in total. The second-order valence-electron chi connectivity index (χ2n) is 4.85. The number of halogens is 1. The number of phenolic OH excluding ortho intramolecular Hbond substituents is 1. The lowest BCUT2D eigenvalue weighted by molar-refractivity contribution is 0.474. The maximum Gasteiger partial charge on any atom is 0.124 e. The zero-order valence-corrected chi connectivity index (χ0v) is 13.0. The van der Waals surface area contributed by atoms with Crippen molar-refractivity contribution in [2.75, 3.05) is 0 Å². The third kappa shape index (κ3) is 4.49. The molecule has 2 rings (SSSR count). The van der Waals surface area contributed by atoms with E-state index in [1.807, 2.05) is 18.2 Å². The molecule has 20 heavy (non-hydrogen) atoms. The van der Waals surface area contributed by atoms with Crippen LogP contribution in [0, 0.1) is 0 Å². The lowest BCUT2D eigenvalue weighted by Crippen LogP contribution is -2.01. The molecule has 1 atom stereocenters. The fourth-order valence-corrected chi connectivity index (χ4v) is 2.31. The van der Waals surface area contributed by atoms with E-state index in [9.17, 15) is 5.11 Å². The van der Waals surface area contributed by atoms with Gasteiger partial charge < -0.3 is 5.11 Å². The second-order valence-corrected chi connectivity index (χ2v) is 5.77. The molecule has 0 bridgehead atoms. The minimum absolute atomic E-state index is 0.230. The molecule has 1 unspecified atom stereocenters. The van der Waals surface area contributed by atoms with Crippen LogP contribution >= 0.6 is 15.9 Å². The Kier molecular flexibility index (Phi) is 5.36. The van der Waals surface area contributed by atoms with Gasteiger partial charge in [0.25, 0.3) is 0 Å². The zero-order valence-electron chi connectivity index (χ0n) is 11.5. The fraction of sp³-hybridized carbons (Fsp3) is 0.235. The highest BCUT2D eigenvalue weighted by Crippen LogP contribution is 2.20. The Morgan fingerprint density at radius 2 is 1.95 bits per heavy atom. The fourth-order valence-electron chi connectivity index (χ4n) is 1.93. The van der Waals surface area contributed by atoms with Crippen LogP contribution in [-0.2, 0) is 6.42 Å². The highest BCUT2D eigenvalue weighted by molar-refractivity contribution is 9.10. The van der Waals surface area contributed by atoms with Crippen LogP contribution in [0.25, 0.3) is 0 Å². The molecule has 0 aromatic heterocycles. The predicted molar refractivity (Wildman–Crippen MR) is 87.6 cm³/mol. The molecule has 0 fully saturated rings. The van der Waals surface area contributed by atoms with Crippen molar-refractivity contribution in [1.29, 1.82) is 0 Å². The molecule has 0 heterocycles. The maximum atomic E-state index is 9.74. The average Bonchev–Trinajstić information content (AvgIpc) is 2.47. The Labute approximate surface area is 128 Å². The largest absolute Gasteiger partial charge is 0.507 e. The molecular formula is C17H18BrNO. The number of aliphatic imine (C=N–C) groups is 1. The Bertz CT molecular complexity index is 581. The summed E-state index contributed by atoms with van der Waals surface area (Å²) >= 11 is 3.39. The van der Waals surface area contributed by atoms with Gasteiger partial charge in [-0.05, 0) is 43.5 Å². The molecule has 0 amide bonds. The van der Waals surface area contributed by atoms with Crippen LogP contribution < -0.4 is 0 Å². The smallest absolute Gasteiger partial charge is 0.124 e. The monoisotopic (exact) mass is 331 g/mol. The second kappa shape index (κ2) is 7.25. The lowest BCUT2D eigenvalue weighted by atomic mass is 10.1. The van der Waals surface area contributed by atoms with Crippen molar-refractivity contribution in [3.63, 3.8) is 0 Å². The molecule has 0 aliphatic carbocycles. The predicted octanol–water partition coefficient (Wildman–Crippen LogP) is 4.59. The molecule has 0 aliphatic rings. The van der Waals surface area contributed by atoms with Crippen LogP contribution in [0.1, 0.15) is 24.5 Å². The van der Waals surface area contributed by atoms with Gasteiger partial charge in [0.1, 0.15) is 5.75 Å². The van der Waals surface area contributed by atoms with E-state index in [0.29, 0.717) is 0 Å². The van der Waals surface area contributed by atoms with Crippen molar-refractivity contribution in [3.8, 4) is 5.75 Å². The summed E-state index contributed by atoms with van der Waals surface area (Å²) < 4.78 is 0.939. The molecule has 3 heteroatoms. The Morgan fingerprint density at radius 3 is 2.70 bits per heavy atom. The van der Waals surface area contributed by atoms with Crippen molar-refractivity contribution < 1.29 is 5.11 Å². The van der Waals surface area contributed by atoms with Crippen molar-refractivity contribution >= 4 is 22.1 Å². The van der Waals surface area contributed by atoms with E-state index in [1.54, 1.807) is 12.3 Å². The van der Waals surface area contributed by atoms with Crippen LogP contribution in [0.3, 0.4) is 0 Å². The first-order valence-corrected chi connectivity index (χ1v) is 7.50. The number of nitrogens with zero attached hydrogens (tertiary/aromatic N) is 1. The summed E-state index contributed by atoms with van der Waals surface area (Å²) in [4.78, 5) is 4.51. The zero-order chi connectivity index (χ0) is 14.4. The third-order valence-electron chi connectivity index (χ3n) is 3.15. The van der Waals surface area contributed by atoms with E-state index >= 15 is 0 Å². The first kappa shape index (κ1) is 14.8. The Balaban J connectivity index is 1.92. The topological polar surface area (TPSA) is 32.6 Å². The number of hydrogen-bond acceptors (Lipinski definition) is 2. The van der Waals surface area contributed by atoms with Gasteiger partial charge >= 0.3 is 0 Å². The number of rotatable bonds is 5. The van der Waals surface area contributed by atoms with Crippen LogP contribution in [-0.4, -0.2) is 17.4 Å². The van der Waals surface area contributed by atoms with Crippen molar-refractivity contribution in [1.82, 2.24) is 0 Å². The lowest BCUT2D eigenvalue weighted by Gasteiger charge is -2.06. The summed E-state index contributed by atoms with van der Waals surface area (Å²) in [5.74, 6) is 0.257. The van der Waals surface area contributed by atoms with Crippen molar-refractivity contribution in [2.24, 2.45) is 4.99 Å². The van der Waals surface area contributed by atoms with Gasteiger partial charge in [0.05, 0.1) is 0 Å². The Morgan fingerprint density at radius 1 is 1.20 bits per heavy atom. The van der Waals surface area contributed by atoms with Gasteiger partial charge in [0, 0.05) is 22.3 Å². The molecule has 0 radical (unpaired) electrons. The van der Waals surface area contributed by atoms with E-state index in [0.717, 1.165) is 22.9 Å². The summed E-state index contributed by atoms with van der Waals surface area (Å²) in [6.45, 7) is 2.09. The van der Waals surface area contributed by atoms with Gasteiger partial charge in [-0.2, -0.15) is 0 Å². The highest BCUT2D eigenvalue weighted by atomic mass is 79.9. The average molecular weight is 332 g/mol. The van der Waals surface area contributed by atoms with E-state index in [4.69, 9.17) is 0 Å². The number of hydrogen-bond donors (Lipinski definition) is 1. The van der Waals surface area contributed by atoms with Gasteiger partial charge in [0.2, 0.25) is 0 Å². The molecule has 0 saturated heterocycles. The summed E-state index contributed by atoms with van der Waals surface area (Å²) in [5, 5.41) is 9.74. The third-order valence-corrected chi connectivity index (χ3v) is 3.64. The molecule has 0 spiro atoms. The van der Waals surface area contributed by atoms with Gasteiger partial charge in [-0.3, -0.25) is 4.99 Å². The first-order chi connectivity index (χ1) is 9.65. The van der Waals surface area contributed by atoms with Crippen LogP contribution in [0.15, 0.2) is 58.0 Å². The first-order valence-electron chi connectivity index (χ1n) is 6.71. The minimum Gasteiger partial charge on any atom is -0.507 e. The van der Waals surface area contributed by atoms with Crippen LogP contribution in [0.5, 0.6) is 5.75 Å². The van der Waals surface area contributed by atoms with E-state index in [-0.39, 0.29) is 11.8 Å². The summed E-state index contributed by atoms with van der Waals surface area (Å²) in [7, 11) is 0. The van der Waals surface area contributed by atoms with Crippen molar-refractivity contribution in [3.05, 3.63) is 64.1 Å². The van der Waals surface area contributed by atoms with E-state index in [1.165, 1.54) is 5.56 Å². The number of aryl methyl sites for hydroxylation is 1. The van der Waals surface area contributed by atoms with Gasteiger partial charge in [-0.25, -0.2) is 0 Å². The van der Waals surface area contributed by atoms with E-state index < -0.39 is 0 Å². The number of benzene rings is 2. The minimum atomic E-state index is 0.230. The van der Waals surface area contributed by atoms with Crippen molar-refractivity contribution in [2.45, 2.75) is 25.8 Å². The molecule has 2 aromatic carbocycles. The number of aromatic hydroxyl groups is 1. The van der Waals surface area contributed by atoms with Crippen LogP contribution in [0.4, 0.5) is 0 Å². The standard InChI is InChI=1S/C17H18BrNO/c1-13(7-8-14-5-3-2-4-6-14)19-12-15-11-16(18)9-10-17(15)20/h2-6,9-13,20H,7-8H2,1H3. The van der Waals surface area contributed by atoms with Crippen LogP contribution in [0.2, 0.25) is 0 Å². The molecule has 104 valence electrons. The van der Waals surface area contributed by atoms with E-state index in [2.05, 4.69) is 52.1 Å². The molecule has 1 N–H and O–H groups in total. The molecular weight excluding hydrogens is 314 g/mol. The summed E-state index contributed by atoms with van der Waals surface area (Å²) in [6.07, 6.45) is 3.76. The Hall–Kier alpha value is -1.61.